The summed E-state index contributed by atoms with van der Waals surface area (Å²) in [4.78, 5) is 24.0. The maximum absolute atomic E-state index is 12.7. The van der Waals surface area contributed by atoms with Gasteiger partial charge in [-0.2, -0.15) is 5.26 Å². The molecular weight excluding hydrogens is 524 g/mol. The molecule has 2 N–H and O–H groups in total. The molecule has 3 aromatic rings. The van der Waals surface area contributed by atoms with E-state index in [1.165, 1.54) is 12.1 Å². The first-order chi connectivity index (χ1) is 17.3. The van der Waals surface area contributed by atoms with Gasteiger partial charge >= 0.3 is 5.97 Å². The van der Waals surface area contributed by atoms with E-state index in [1.54, 1.807) is 30.3 Å². The number of nitrogens with one attached hydrogen (secondary N) is 1. The van der Waals surface area contributed by atoms with E-state index in [-0.39, 0.29) is 23.8 Å². The summed E-state index contributed by atoms with van der Waals surface area (Å²) in [6.07, 6.45) is 1.49. The lowest BCUT2D eigenvalue weighted by Gasteiger charge is -2.16. The summed E-state index contributed by atoms with van der Waals surface area (Å²) in [6, 6.07) is 21.1. The van der Waals surface area contributed by atoms with E-state index in [2.05, 4.69) is 21.2 Å². The molecule has 1 amide bonds. The van der Waals surface area contributed by atoms with Crippen LogP contribution >= 0.6 is 15.9 Å². The molecule has 7 nitrogen and oxygen atoms in total. The largest absolute Gasteiger partial charge is 0.490 e. The molecule has 0 saturated carbocycles. The van der Waals surface area contributed by atoms with Gasteiger partial charge in [0.25, 0.3) is 5.91 Å². The van der Waals surface area contributed by atoms with E-state index in [1.807, 2.05) is 50.2 Å². The van der Waals surface area contributed by atoms with Crippen molar-refractivity contribution < 1.29 is 24.2 Å². The van der Waals surface area contributed by atoms with Crippen LogP contribution in [0.15, 0.2) is 76.8 Å². The lowest BCUT2D eigenvalue weighted by Crippen LogP contribution is -2.27. The summed E-state index contributed by atoms with van der Waals surface area (Å²) in [6.45, 7) is 4.17. The molecule has 36 heavy (non-hydrogen) atoms. The second kappa shape index (κ2) is 12.6. The monoisotopic (exact) mass is 548 g/mol. The number of benzene rings is 3. The molecule has 0 spiro atoms. The molecule has 0 unspecified atom stereocenters. The van der Waals surface area contributed by atoms with Crippen molar-refractivity contribution in [2.24, 2.45) is 0 Å². The maximum Gasteiger partial charge on any atom is 0.335 e. The minimum atomic E-state index is -1.01. The van der Waals surface area contributed by atoms with Crippen LogP contribution in [0.2, 0.25) is 0 Å². The van der Waals surface area contributed by atoms with Crippen molar-refractivity contribution in [1.82, 2.24) is 5.32 Å². The zero-order valence-corrected chi connectivity index (χ0v) is 21.4. The zero-order valence-electron chi connectivity index (χ0n) is 19.8. The number of hydrogen-bond donors (Lipinski definition) is 2. The van der Waals surface area contributed by atoms with Crippen molar-refractivity contribution in [1.29, 1.82) is 5.26 Å². The summed E-state index contributed by atoms with van der Waals surface area (Å²) in [5.41, 5.74) is 2.31. The summed E-state index contributed by atoms with van der Waals surface area (Å²) in [5, 5.41) is 21.7. The first-order valence-electron chi connectivity index (χ1n) is 11.2. The number of ether oxygens (including phenoxy) is 2. The van der Waals surface area contributed by atoms with Crippen molar-refractivity contribution in [2.75, 3.05) is 6.61 Å². The van der Waals surface area contributed by atoms with Crippen molar-refractivity contribution in [3.05, 3.63) is 99.0 Å². The van der Waals surface area contributed by atoms with E-state index in [4.69, 9.17) is 9.47 Å². The summed E-state index contributed by atoms with van der Waals surface area (Å²) < 4.78 is 12.3. The Balaban J connectivity index is 1.82. The number of carbonyl (C=O) groups excluding carboxylic acids is 1. The number of amides is 1. The van der Waals surface area contributed by atoms with Crippen LogP contribution < -0.4 is 14.8 Å². The fourth-order valence-corrected chi connectivity index (χ4v) is 4.01. The minimum Gasteiger partial charge on any atom is -0.490 e. The Morgan fingerprint density at radius 3 is 2.53 bits per heavy atom. The molecule has 0 aromatic heterocycles. The quantitative estimate of drug-likeness (QED) is 0.241. The molecule has 0 saturated heterocycles. The van der Waals surface area contributed by atoms with Crippen molar-refractivity contribution in [3.63, 3.8) is 0 Å². The number of aromatic carboxylic acids is 1. The topological polar surface area (TPSA) is 109 Å². The van der Waals surface area contributed by atoms with E-state index < -0.39 is 11.9 Å². The molecule has 0 fully saturated rings. The first-order valence-corrected chi connectivity index (χ1v) is 12.0. The Kier molecular flexibility index (Phi) is 9.25. The highest BCUT2D eigenvalue weighted by Gasteiger charge is 2.16. The SMILES string of the molecule is CCOc1cc(/C=C(/C#N)C(=O)N[C@H](C)c2ccccc2)cc(Br)c1OCc1cccc(C(=O)O)c1. The van der Waals surface area contributed by atoms with Gasteiger partial charge in [-0.25, -0.2) is 4.79 Å². The van der Waals surface area contributed by atoms with E-state index in [0.29, 0.717) is 33.7 Å². The van der Waals surface area contributed by atoms with Crippen LogP contribution in [0, 0.1) is 11.3 Å². The summed E-state index contributed by atoms with van der Waals surface area (Å²) >= 11 is 3.49. The third-order valence-corrected chi connectivity index (χ3v) is 5.80. The number of hydrogen-bond acceptors (Lipinski definition) is 5. The molecule has 0 aliphatic rings. The molecule has 8 heteroatoms. The van der Waals surface area contributed by atoms with Crippen molar-refractivity contribution in [2.45, 2.75) is 26.5 Å². The van der Waals surface area contributed by atoms with Gasteiger partial charge in [0, 0.05) is 0 Å². The van der Waals surface area contributed by atoms with Gasteiger partial charge in [-0.3, -0.25) is 4.79 Å². The average Bonchev–Trinajstić information content (AvgIpc) is 2.87. The van der Waals surface area contributed by atoms with Gasteiger partial charge in [-0.15, -0.1) is 0 Å². The molecule has 3 aromatic carbocycles. The van der Waals surface area contributed by atoms with Crippen LogP contribution in [0.1, 0.15) is 46.9 Å². The fourth-order valence-electron chi connectivity index (χ4n) is 3.44. The predicted molar refractivity (Wildman–Crippen MR) is 140 cm³/mol. The van der Waals surface area contributed by atoms with Gasteiger partial charge in [-0.1, -0.05) is 42.5 Å². The average molecular weight is 549 g/mol. The van der Waals surface area contributed by atoms with Crippen LogP contribution in [0.5, 0.6) is 11.5 Å². The number of nitrogens with zero attached hydrogens (tertiary/aromatic N) is 1. The third kappa shape index (κ3) is 6.96. The zero-order chi connectivity index (χ0) is 26.1. The number of rotatable bonds is 10. The van der Waals surface area contributed by atoms with Gasteiger partial charge in [0.1, 0.15) is 18.2 Å². The lowest BCUT2D eigenvalue weighted by molar-refractivity contribution is -0.117. The Labute approximate surface area is 218 Å². The molecule has 0 aliphatic heterocycles. The normalized spacial score (nSPS) is 11.8. The van der Waals surface area contributed by atoms with Crippen LogP contribution in [0.4, 0.5) is 0 Å². The first kappa shape index (κ1) is 26.5. The molecule has 0 heterocycles. The second-order valence-electron chi connectivity index (χ2n) is 7.83. The molecule has 3 rings (SSSR count). The molecule has 0 bridgehead atoms. The summed E-state index contributed by atoms with van der Waals surface area (Å²) in [5.74, 6) is -0.653. The van der Waals surface area contributed by atoms with E-state index in [9.17, 15) is 20.0 Å². The molecule has 184 valence electrons. The van der Waals surface area contributed by atoms with E-state index >= 15 is 0 Å². The lowest BCUT2D eigenvalue weighted by atomic mass is 10.1. The Morgan fingerprint density at radius 2 is 1.86 bits per heavy atom. The van der Waals surface area contributed by atoms with E-state index in [0.717, 1.165) is 5.56 Å². The van der Waals surface area contributed by atoms with Crippen LogP contribution in [-0.4, -0.2) is 23.6 Å². The molecule has 1 atom stereocenters. The summed E-state index contributed by atoms with van der Waals surface area (Å²) in [7, 11) is 0. The van der Waals surface area contributed by atoms with Crippen LogP contribution in [0.3, 0.4) is 0 Å². The predicted octanol–water partition coefficient (Wildman–Crippen LogP) is 5.91. The number of carbonyl (C=O) groups is 2. The minimum absolute atomic E-state index is 0.0497. The maximum atomic E-state index is 12.7. The second-order valence-corrected chi connectivity index (χ2v) is 8.69. The van der Waals surface area contributed by atoms with Gasteiger partial charge < -0.3 is 19.9 Å². The molecular formula is C28H25BrN2O5. The van der Waals surface area contributed by atoms with Gasteiger partial charge in [-0.05, 0) is 76.8 Å². The standard InChI is InChI=1S/C28H25BrN2O5/c1-3-35-25-15-20(13-23(16-30)27(32)31-18(2)21-9-5-4-6-10-21)14-24(29)26(25)36-17-19-8-7-11-22(12-19)28(33)34/h4-15,18H,3,17H2,1-2H3,(H,31,32)(H,33,34)/b23-13-/t18-/m1/s1. The Bertz CT molecular complexity index is 1320. The Hall–Kier alpha value is -4.09. The highest BCUT2D eigenvalue weighted by atomic mass is 79.9. The highest BCUT2D eigenvalue weighted by molar-refractivity contribution is 9.10. The third-order valence-electron chi connectivity index (χ3n) is 5.21. The van der Waals surface area contributed by atoms with Gasteiger partial charge in [0.05, 0.1) is 22.7 Å². The van der Waals surface area contributed by atoms with Gasteiger partial charge in [0.2, 0.25) is 0 Å². The highest BCUT2D eigenvalue weighted by Crippen LogP contribution is 2.38. The van der Waals surface area contributed by atoms with Crippen LogP contribution in [0.25, 0.3) is 6.08 Å². The Morgan fingerprint density at radius 1 is 1.11 bits per heavy atom. The van der Waals surface area contributed by atoms with Crippen molar-refractivity contribution in [3.8, 4) is 17.6 Å². The van der Waals surface area contributed by atoms with Gasteiger partial charge in [0.15, 0.2) is 11.5 Å². The number of halogens is 1. The smallest absolute Gasteiger partial charge is 0.335 e. The molecule has 0 aliphatic carbocycles. The number of carboxylic acids is 1. The van der Waals surface area contributed by atoms with Crippen molar-refractivity contribution >= 4 is 33.9 Å². The number of carboxylic acid groups (broad SMARTS) is 1. The number of nitriles is 1. The molecule has 0 radical (unpaired) electrons. The van der Waals surface area contributed by atoms with Crippen LogP contribution in [-0.2, 0) is 11.4 Å². The fraction of sp³-hybridized carbons (Fsp3) is 0.179.